The molecule has 0 aliphatic carbocycles. The predicted octanol–water partition coefficient (Wildman–Crippen LogP) is 2.63. The molecular formula is C15H15N3O3S2. The zero-order valence-electron chi connectivity index (χ0n) is 12.4. The van der Waals surface area contributed by atoms with Gasteiger partial charge >= 0.3 is 0 Å². The van der Waals surface area contributed by atoms with E-state index in [9.17, 15) is 8.42 Å². The zero-order valence-corrected chi connectivity index (χ0v) is 14.0. The highest BCUT2D eigenvalue weighted by Gasteiger charge is 2.15. The minimum absolute atomic E-state index is 0.197. The smallest absolute Gasteiger partial charge is 0.240 e. The highest BCUT2D eigenvalue weighted by molar-refractivity contribution is 7.89. The maximum Gasteiger partial charge on any atom is 0.240 e. The molecule has 0 saturated heterocycles. The van der Waals surface area contributed by atoms with Gasteiger partial charge in [0, 0.05) is 13.0 Å². The molecule has 0 saturated carbocycles. The average molecular weight is 349 g/mol. The molecular weight excluding hydrogens is 334 g/mol. The normalized spacial score (nSPS) is 11.7. The first kappa shape index (κ1) is 15.9. The monoisotopic (exact) mass is 349 g/mol. The van der Waals surface area contributed by atoms with Crippen LogP contribution in [0.5, 0.6) is 0 Å². The van der Waals surface area contributed by atoms with Crippen molar-refractivity contribution in [3.8, 4) is 10.7 Å². The Morgan fingerprint density at radius 2 is 2.13 bits per heavy atom. The van der Waals surface area contributed by atoms with Crippen molar-refractivity contribution >= 4 is 21.4 Å². The van der Waals surface area contributed by atoms with Crippen molar-refractivity contribution < 1.29 is 12.9 Å². The lowest BCUT2D eigenvalue weighted by Crippen LogP contribution is -2.26. The summed E-state index contributed by atoms with van der Waals surface area (Å²) in [5.41, 5.74) is 0.894. The Hall–Kier alpha value is -2.03. The number of hydrogen-bond donors (Lipinski definition) is 1. The van der Waals surface area contributed by atoms with E-state index in [2.05, 4.69) is 14.9 Å². The molecule has 3 rings (SSSR count). The molecule has 0 fully saturated rings. The zero-order chi connectivity index (χ0) is 16.3. The van der Waals surface area contributed by atoms with Crippen LogP contribution in [0.1, 0.15) is 11.5 Å². The fraction of sp³-hybridized carbons (Fsp3) is 0.200. The van der Waals surface area contributed by atoms with Crippen molar-refractivity contribution in [2.75, 3.05) is 6.54 Å². The van der Waals surface area contributed by atoms with E-state index in [4.69, 9.17) is 4.52 Å². The molecule has 1 N–H and O–H groups in total. The van der Waals surface area contributed by atoms with E-state index in [0.29, 0.717) is 18.1 Å². The Morgan fingerprint density at radius 3 is 2.87 bits per heavy atom. The molecule has 6 nitrogen and oxygen atoms in total. The number of hydrogen-bond acceptors (Lipinski definition) is 6. The van der Waals surface area contributed by atoms with Crippen LogP contribution in [-0.4, -0.2) is 25.1 Å². The van der Waals surface area contributed by atoms with E-state index in [-0.39, 0.29) is 11.4 Å². The van der Waals surface area contributed by atoms with E-state index in [1.54, 1.807) is 18.2 Å². The molecule has 23 heavy (non-hydrogen) atoms. The molecule has 2 aromatic heterocycles. The summed E-state index contributed by atoms with van der Waals surface area (Å²) in [7, 11) is -3.53. The van der Waals surface area contributed by atoms with Gasteiger partial charge in [-0.05, 0) is 36.1 Å². The van der Waals surface area contributed by atoms with Gasteiger partial charge in [0.15, 0.2) is 0 Å². The molecule has 0 spiro atoms. The molecule has 0 aliphatic heterocycles. The summed E-state index contributed by atoms with van der Waals surface area (Å²) >= 11 is 1.52. The summed E-state index contributed by atoms with van der Waals surface area (Å²) in [6.45, 7) is 2.05. The number of nitrogens with one attached hydrogen (secondary N) is 1. The lowest BCUT2D eigenvalue weighted by atomic mass is 10.2. The average Bonchev–Trinajstić information content (AvgIpc) is 3.18. The SMILES string of the molecule is Cc1cccc(S(=O)(=O)NCCc2nc(-c3cccs3)no2)c1. The Balaban J connectivity index is 1.61. The first-order valence-corrected chi connectivity index (χ1v) is 9.34. The molecule has 8 heteroatoms. The minimum Gasteiger partial charge on any atom is -0.339 e. The number of nitrogens with zero attached hydrogens (tertiary/aromatic N) is 2. The van der Waals surface area contributed by atoms with Gasteiger partial charge in [-0.2, -0.15) is 4.98 Å². The quantitative estimate of drug-likeness (QED) is 0.739. The largest absolute Gasteiger partial charge is 0.339 e. The number of aryl methyl sites for hydroxylation is 1. The third kappa shape index (κ3) is 3.84. The van der Waals surface area contributed by atoms with Crippen LogP contribution >= 0.6 is 11.3 Å². The van der Waals surface area contributed by atoms with Crippen molar-refractivity contribution in [2.45, 2.75) is 18.2 Å². The van der Waals surface area contributed by atoms with Crippen LogP contribution in [-0.2, 0) is 16.4 Å². The molecule has 0 radical (unpaired) electrons. The summed E-state index contributed by atoms with van der Waals surface area (Å²) in [4.78, 5) is 5.43. The van der Waals surface area contributed by atoms with E-state index in [0.717, 1.165) is 10.4 Å². The van der Waals surface area contributed by atoms with Crippen LogP contribution in [0.25, 0.3) is 10.7 Å². The lowest BCUT2D eigenvalue weighted by molar-refractivity contribution is 0.379. The topological polar surface area (TPSA) is 85.1 Å². The molecule has 0 atom stereocenters. The molecule has 1 aromatic carbocycles. The van der Waals surface area contributed by atoms with Crippen molar-refractivity contribution in [2.24, 2.45) is 0 Å². The van der Waals surface area contributed by atoms with Gasteiger partial charge in [0.05, 0.1) is 9.77 Å². The summed E-state index contributed by atoms with van der Waals surface area (Å²) in [5, 5.41) is 5.82. The van der Waals surface area contributed by atoms with Crippen molar-refractivity contribution in [3.05, 3.63) is 53.2 Å². The first-order valence-electron chi connectivity index (χ1n) is 6.97. The number of thiophene rings is 1. The van der Waals surface area contributed by atoms with E-state index >= 15 is 0 Å². The molecule has 120 valence electrons. The summed E-state index contributed by atoms with van der Waals surface area (Å²) in [5.74, 6) is 0.928. The minimum atomic E-state index is -3.53. The Morgan fingerprint density at radius 1 is 1.26 bits per heavy atom. The molecule has 0 amide bonds. The maximum atomic E-state index is 12.2. The van der Waals surface area contributed by atoms with E-state index < -0.39 is 10.0 Å². The molecule has 0 unspecified atom stereocenters. The second kappa shape index (κ2) is 6.61. The van der Waals surface area contributed by atoms with Crippen LogP contribution in [0.3, 0.4) is 0 Å². The fourth-order valence-electron chi connectivity index (χ4n) is 2.02. The van der Waals surface area contributed by atoms with Crippen LogP contribution in [0, 0.1) is 6.92 Å². The van der Waals surface area contributed by atoms with E-state index in [1.165, 1.54) is 11.3 Å². The van der Waals surface area contributed by atoms with Gasteiger partial charge < -0.3 is 4.52 Å². The predicted molar refractivity (Wildman–Crippen MR) is 87.7 cm³/mol. The standard InChI is InChI=1S/C15H15N3O3S2/c1-11-4-2-5-12(10-11)23(19,20)16-8-7-14-17-15(18-21-14)13-6-3-9-22-13/h2-6,9-10,16H,7-8H2,1H3. The van der Waals surface area contributed by atoms with Crippen LogP contribution in [0.4, 0.5) is 0 Å². The second-order valence-corrected chi connectivity index (χ2v) is 7.67. The summed E-state index contributed by atoms with van der Waals surface area (Å²) in [6.07, 6.45) is 0.337. The maximum absolute atomic E-state index is 12.2. The Labute approximate surface area is 138 Å². The van der Waals surface area contributed by atoms with Crippen molar-refractivity contribution in [1.82, 2.24) is 14.9 Å². The third-order valence-electron chi connectivity index (χ3n) is 3.14. The van der Waals surface area contributed by atoms with Gasteiger partial charge in [-0.15, -0.1) is 11.3 Å². The molecule has 2 heterocycles. The van der Waals surface area contributed by atoms with Crippen LogP contribution in [0.2, 0.25) is 0 Å². The van der Waals surface area contributed by atoms with Crippen molar-refractivity contribution in [3.63, 3.8) is 0 Å². The number of benzene rings is 1. The third-order valence-corrected chi connectivity index (χ3v) is 5.46. The summed E-state index contributed by atoms with van der Waals surface area (Å²) < 4.78 is 32.1. The molecule has 0 aliphatic rings. The van der Waals surface area contributed by atoms with E-state index in [1.807, 2.05) is 30.5 Å². The fourth-order valence-corrected chi connectivity index (χ4v) is 3.81. The van der Waals surface area contributed by atoms with Crippen LogP contribution < -0.4 is 4.72 Å². The summed E-state index contributed by atoms with van der Waals surface area (Å²) in [6, 6.07) is 10.6. The van der Waals surface area contributed by atoms with Crippen LogP contribution in [0.15, 0.2) is 51.2 Å². The number of rotatable bonds is 6. The van der Waals surface area contributed by atoms with Gasteiger partial charge in [0.1, 0.15) is 0 Å². The van der Waals surface area contributed by atoms with Gasteiger partial charge in [0.25, 0.3) is 0 Å². The molecule has 3 aromatic rings. The number of aromatic nitrogens is 2. The first-order chi connectivity index (χ1) is 11.0. The Kier molecular flexibility index (Phi) is 4.56. The van der Waals surface area contributed by atoms with Gasteiger partial charge in [-0.25, -0.2) is 13.1 Å². The van der Waals surface area contributed by atoms with Gasteiger partial charge in [-0.1, -0.05) is 23.4 Å². The highest BCUT2D eigenvalue weighted by Crippen LogP contribution is 2.21. The highest BCUT2D eigenvalue weighted by atomic mass is 32.2. The Bertz CT molecular complexity index is 886. The molecule has 0 bridgehead atoms. The van der Waals surface area contributed by atoms with Gasteiger partial charge in [0.2, 0.25) is 21.7 Å². The number of sulfonamides is 1. The second-order valence-electron chi connectivity index (χ2n) is 4.95. The van der Waals surface area contributed by atoms with Crippen molar-refractivity contribution in [1.29, 1.82) is 0 Å². The lowest BCUT2D eigenvalue weighted by Gasteiger charge is -2.06. The van der Waals surface area contributed by atoms with Gasteiger partial charge in [-0.3, -0.25) is 0 Å².